The second kappa shape index (κ2) is 6.16. The van der Waals surface area contributed by atoms with Crippen molar-refractivity contribution >= 4 is 0 Å². The van der Waals surface area contributed by atoms with Gasteiger partial charge in [-0.1, -0.05) is 13.8 Å². The molecule has 5 heteroatoms. The maximum Gasteiger partial charge on any atom is 0.178 e. The van der Waals surface area contributed by atoms with E-state index in [4.69, 9.17) is 0 Å². The molecular formula is C13H17N5. The number of aromatic nitrogens is 4. The molecule has 5 nitrogen and oxygen atoms in total. The van der Waals surface area contributed by atoms with E-state index >= 15 is 0 Å². The van der Waals surface area contributed by atoms with E-state index < -0.39 is 0 Å². The quantitative estimate of drug-likeness (QED) is 0.865. The lowest BCUT2D eigenvalue weighted by atomic mass is 10.2. The van der Waals surface area contributed by atoms with E-state index in [0.717, 1.165) is 24.3 Å². The summed E-state index contributed by atoms with van der Waals surface area (Å²) in [6.07, 6.45) is 6.84. The van der Waals surface area contributed by atoms with Gasteiger partial charge < -0.3 is 5.32 Å². The van der Waals surface area contributed by atoms with Crippen LogP contribution in [0.4, 0.5) is 0 Å². The largest absolute Gasteiger partial charge is 0.312 e. The molecule has 2 aromatic rings. The number of hydrogen-bond donors (Lipinski definition) is 1. The van der Waals surface area contributed by atoms with Crippen molar-refractivity contribution in [3.8, 4) is 11.5 Å². The molecule has 0 unspecified atom stereocenters. The summed E-state index contributed by atoms with van der Waals surface area (Å²) in [4.78, 5) is 16.6. The maximum atomic E-state index is 4.31. The fraction of sp³-hybridized carbons (Fsp3) is 0.385. The maximum absolute atomic E-state index is 4.31. The van der Waals surface area contributed by atoms with Crippen molar-refractivity contribution in [2.45, 2.75) is 20.4 Å². The van der Waals surface area contributed by atoms with E-state index in [0.29, 0.717) is 11.7 Å². The van der Waals surface area contributed by atoms with Gasteiger partial charge in [-0.15, -0.1) is 0 Å². The summed E-state index contributed by atoms with van der Waals surface area (Å²) < 4.78 is 0. The van der Waals surface area contributed by atoms with E-state index in [1.807, 2.05) is 12.4 Å². The zero-order valence-electron chi connectivity index (χ0n) is 10.7. The van der Waals surface area contributed by atoms with Crippen molar-refractivity contribution in [3.63, 3.8) is 0 Å². The first-order chi connectivity index (χ1) is 8.75. The highest BCUT2D eigenvalue weighted by atomic mass is 14.9. The SMILES string of the molecule is CC(C)CNCc1cnc(-c2ccncn2)nc1. The highest BCUT2D eigenvalue weighted by Gasteiger charge is 2.02. The summed E-state index contributed by atoms with van der Waals surface area (Å²) >= 11 is 0. The Morgan fingerprint density at radius 1 is 1.17 bits per heavy atom. The molecule has 2 rings (SSSR count). The molecule has 0 aliphatic carbocycles. The normalized spacial score (nSPS) is 10.8. The Morgan fingerprint density at radius 3 is 2.56 bits per heavy atom. The van der Waals surface area contributed by atoms with Crippen molar-refractivity contribution < 1.29 is 0 Å². The van der Waals surface area contributed by atoms with Gasteiger partial charge in [-0.3, -0.25) is 0 Å². The average Bonchev–Trinajstić information content (AvgIpc) is 2.40. The van der Waals surface area contributed by atoms with Crippen LogP contribution in [0.3, 0.4) is 0 Å². The first-order valence-electron chi connectivity index (χ1n) is 6.03. The van der Waals surface area contributed by atoms with Gasteiger partial charge in [0.15, 0.2) is 5.82 Å². The molecule has 0 radical (unpaired) electrons. The molecular weight excluding hydrogens is 226 g/mol. The van der Waals surface area contributed by atoms with Crippen LogP contribution in [0.15, 0.2) is 31.0 Å². The molecule has 2 aromatic heterocycles. The highest BCUT2D eigenvalue weighted by Crippen LogP contribution is 2.09. The fourth-order valence-corrected chi connectivity index (χ4v) is 1.51. The third-order valence-corrected chi connectivity index (χ3v) is 2.40. The van der Waals surface area contributed by atoms with Gasteiger partial charge in [0, 0.05) is 30.7 Å². The lowest BCUT2D eigenvalue weighted by Crippen LogP contribution is -2.19. The minimum Gasteiger partial charge on any atom is -0.312 e. The molecule has 0 atom stereocenters. The summed E-state index contributed by atoms with van der Waals surface area (Å²) in [5, 5.41) is 3.35. The molecule has 1 N–H and O–H groups in total. The van der Waals surface area contributed by atoms with Crippen molar-refractivity contribution in [1.82, 2.24) is 25.3 Å². The van der Waals surface area contributed by atoms with Gasteiger partial charge in [-0.2, -0.15) is 0 Å². The van der Waals surface area contributed by atoms with Crippen molar-refractivity contribution in [1.29, 1.82) is 0 Å². The fourth-order valence-electron chi connectivity index (χ4n) is 1.51. The van der Waals surface area contributed by atoms with E-state index in [1.54, 1.807) is 12.3 Å². The molecule has 18 heavy (non-hydrogen) atoms. The average molecular weight is 243 g/mol. The van der Waals surface area contributed by atoms with Crippen molar-refractivity contribution in [3.05, 3.63) is 36.5 Å². The van der Waals surface area contributed by atoms with Gasteiger partial charge in [0.25, 0.3) is 0 Å². The number of nitrogens with zero attached hydrogens (tertiary/aromatic N) is 4. The van der Waals surface area contributed by atoms with E-state index in [-0.39, 0.29) is 0 Å². The van der Waals surface area contributed by atoms with E-state index in [2.05, 4.69) is 39.1 Å². The molecule has 2 heterocycles. The smallest absolute Gasteiger partial charge is 0.178 e. The van der Waals surface area contributed by atoms with E-state index in [9.17, 15) is 0 Å². The zero-order chi connectivity index (χ0) is 12.8. The second-order valence-corrected chi connectivity index (χ2v) is 4.53. The summed E-state index contributed by atoms with van der Waals surface area (Å²) in [5.41, 5.74) is 1.82. The van der Waals surface area contributed by atoms with Crippen molar-refractivity contribution in [2.24, 2.45) is 5.92 Å². The predicted molar refractivity (Wildman–Crippen MR) is 69.6 cm³/mol. The monoisotopic (exact) mass is 243 g/mol. The highest BCUT2D eigenvalue weighted by molar-refractivity contribution is 5.46. The molecule has 0 aliphatic heterocycles. The van der Waals surface area contributed by atoms with Crippen LogP contribution in [0.1, 0.15) is 19.4 Å². The molecule has 0 aromatic carbocycles. The van der Waals surface area contributed by atoms with Crippen LogP contribution >= 0.6 is 0 Å². The first-order valence-corrected chi connectivity index (χ1v) is 6.03. The summed E-state index contributed by atoms with van der Waals surface area (Å²) in [5.74, 6) is 1.27. The number of rotatable bonds is 5. The van der Waals surface area contributed by atoms with Gasteiger partial charge in [0.1, 0.15) is 12.0 Å². The summed E-state index contributed by atoms with van der Waals surface area (Å²) in [6.45, 7) is 6.15. The molecule has 0 aliphatic rings. The summed E-state index contributed by atoms with van der Waals surface area (Å²) in [7, 11) is 0. The van der Waals surface area contributed by atoms with Crippen LogP contribution in [0.2, 0.25) is 0 Å². The van der Waals surface area contributed by atoms with Crippen molar-refractivity contribution in [2.75, 3.05) is 6.54 Å². The third-order valence-electron chi connectivity index (χ3n) is 2.40. The minimum absolute atomic E-state index is 0.630. The Kier molecular flexibility index (Phi) is 4.30. The first kappa shape index (κ1) is 12.6. The number of hydrogen-bond acceptors (Lipinski definition) is 5. The van der Waals surface area contributed by atoms with Crippen LogP contribution in [0, 0.1) is 5.92 Å². The molecule has 0 amide bonds. The Hall–Kier alpha value is -1.88. The molecule has 0 spiro atoms. The third kappa shape index (κ3) is 3.56. The standard InChI is InChI=1S/C13H17N5/c1-10(2)5-15-6-11-7-16-13(17-8-11)12-3-4-14-9-18-12/h3-4,7-10,15H,5-6H2,1-2H3. The Balaban J connectivity index is 1.98. The molecule has 0 fully saturated rings. The molecule has 0 saturated heterocycles. The Morgan fingerprint density at radius 2 is 1.94 bits per heavy atom. The van der Waals surface area contributed by atoms with Crippen LogP contribution in [0.5, 0.6) is 0 Å². The van der Waals surface area contributed by atoms with Crippen LogP contribution in [0.25, 0.3) is 11.5 Å². The second-order valence-electron chi connectivity index (χ2n) is 4.53. The van der Waals surface area contributed by atoms with Gasteiger partial charge in [0.2, 0.25) is 0 Å². The number of nitrogens with one attached hydrogen (secondary N) is 1. The predicted octanol–water partition coefficient (Wildman–Crippen LogP) is 1.68. The van der Waals surface area contributed by atoms with Gasteiger partial charge in [-0.05, 0) is 18.5 Å². The van der Waals surface area contributed by atoms with Crippen LogP contribution < -0.4 is 5.32 Å². The van der Waals surface area contributed by atoms with Crippen LogP contribution in [-0.2, 0) is 6.54 Å². The van der Waals surface area contributed by atoms with Gasteiger partial charge in [0.05, 0.1) is 0 Å². The molecule has 0 saturated carbocycles. The Labute approximate surface area is 107 Å². The lowest BCUT2D eigenvalue weighted by Gasteiger charge is -2.07. The lowest BCUT2D eigenvalue weighted by molar-refractivity contribution is 0.551. The van der Waals surface area contributed by atoms with Gasteiger partial charge >= 0.3 is 0 Å². The molecule has 0 bridgehead atoms. The summed E-state index contributed by atoms with van der Waals surface area (Å²) in [6, 6.07) is 1.80. The molecule has 94 valence electrons. The van der Waals surface area contributed by atoms with Gasteiger partial charge in [-0.25, -0.2) is 19.9 Å². The Bertz CT molecular complexity index is 467. The topological polar surface area (TPSA) is 63.6 Å². The minimum atomic E-state index is 0.630. The van der Waals surface area contributed by atoms with E-state index in [1.165, 1.54) is 6.33 Å². The van der Waals surface area contributed by atoms with Crippen LogP contribution in [-0.4, -0.2) is 26.5 Å². The zero-order valence-corrected chi connectivity index (χ0v) is 10.7.